The maximum absolute atomic E-state index is 12.1. The molecule has 0 atom stereocenters. The quantitative estimate of drug-likeness (QED) is 0.640. The van der Waals surface area contributed by atoms with Crippen LogP contribution < -0.4 is 10.0 Å². The van der Waals surface area contributed by atoms with Crippen molar-refractivity contribution in [3.63, 3.8) is 0 Å². The molecule has 2 N–H and O–H groups in total. The number of rotatable bonds is 9. The number of sulfonamides is 1. The van der Waals surface area contributed by atoms with E-state index in [1.165, 1.54) is 11.3 Å². The van der Waals surface area contributed by atoms with E-state index in [0.29, 0.717) is 21.8 Å². The molecule has 4 nitrogen and oxygen atoms in total. The van der Waals surface area contributed by atoms with E-state index >= 15 is 0 Å². The molecule has 19 heavy (non-hydrogen) atoms. The van der Waals surface area contributed by atoms with Crippen molar-refractivity contribution in [2.24, 2.45) is 0 Å². The van der Waals surface area contributed by atoms with Gasteiger partial charge in [0.15, 0.2) is 0 Å². The molecule has 8 heteroatoms. The second-order valence-corrected chi connectivity index (χ2v) is 9.15. The van der Waals surface area contributed by atoms with E-state index in [2.05, 4.69) is 32.2 Å². The summed E-state index contributed by atoms with van der Waals surface area (Å²) in [4.78, 5) is 1.34. The Labute approximate surface area is 131 Å². The van der Waals surface area contributed by atoms with E-state index in [1.807, 2.05) is 7.05 Å². The molecule has 0 aliphatic rings. The van der Waals surface area contributed by atoms with Gasteiger partial charge in [0.05, 0.1) is 3.79 Å². The summed E-state index contributed by atoms with van der Waals surface area (Å²) in [6.07, 6.45) is 3.95. The summed E-state index contributed by atoms with van der Waals surface area (Å²) in [7, 11) is -1.56. The first-order chi connectivity index (χ1) is 9.01. The van der Waals surface area contributed by atoms with Crippen molar-refractivity contribution < 1.29 is 8.42 Å². The molecule has 0 spiro atoms. The van der Waals surface area contributed by atoms with Crippen LogP contribution in [-0.2, 0) is 16.6 Å². The fourth-order valence-corrected chi connectivity index (χ4v) is 5.76. The molecule has 0 amide bonds. The zero-order valence-electron chi connectivity index (χ0n) is 11.0. The van der Waals surface area contributed by atoms with Crippen molar-refractivity contribution in [2.45, 2.75) is 24.3 Å². The summed E-state index contributed by atoms with van der Waals surface area (Å²) >= 11 is 6.55. The van der Waals surface area contributed by atoms with E-state index in [9.17, 15) is 8.42 Å². The van der Waals surface area contributed by atoms with Crippen molar-refractivity contribution in [3.05, 3.63) is 14.7 Å². The largest absolute Gasteiger partial charge is 0.315 e. The molecule has 1 aromatic heterocycles. The lowest BCUT2D eigenvalue weighted by Gasteiger charge is -2.05. The molecular formula is C11H19BrN2O2S3. The zero-order chi connectivity index (χ0) is 14.3. The molecule has 0 aliphatic carbocycles. The minimum atomic E-state index is -3.40. The minimum absolute atomic E-state index is 0.340. The summed E-state index contributed by atoms with van der Waals surface area (Å²) in [6, 6.07) is 1.72. The van der Waals surface area contributed by atoms with Gasteiger partial charge in [-0.05, 0) is 53.9 Å². The van der Waals surface area contributed by atoms with Crippen LogP contribution in [0.25, 0.3) is 0 Å². The Morgan fingerprint density at radius 1 is 1.42 bits per heavy atom. The Bertz CT molecular complexity index is 488. The predicted octanol–water partition coefficient (Wildman–Crippen LogP) is 2.65. The lowest BCUT2D eigenvalue weighted by molar-refractivity contribution is 0.578. The third-order valence-electron chi connectivity index (χ3n) is 2.41. The van der Waals surface area contributed by atoms with Crippen LogP contribution in [0.5, 0.6) is 0 Å². The van der Waals surface area contributed by atoms with Gasteiger partial charge in [0.2, 0.25) is 10.0 Å². The molecule has 0 saturated heterocycles. The van der Waals surface area contributed by atoms with E-state index in [1.54, 1.807) is 17.8 Å². The second kappa shape index (κ2) is 8.63. The van der Waals surface area contributed by atoms with Crippen LogP contribution >= 0.6 is 39.0 Å². The normalized spacial score (nSPS) is 11.9. The van der Waals surface area contributed by atoms with E-state index in [4.69, 9.17) is 0 Å². The van der Waals surface area contributed by atoms with Gasteiger partial charge in [0.1, 0.15) is 4.90 Å². The third-order valence-corrected chi connectivity index (χ3v) is 6.82. The van der Waals surface area contributed by atoms with Crippen LogP contribution in [0.2, 0.25) is 0 Å². The van der Waals surface area contributed by atoms with Crippen LogP contribution in [0.15, 0.2) is 14.7 Å². The summed E-state index contributed by atoms with van der Waals surface area (Å²) in [6.45, 7) is 1.17. The van der Waals surface area contributed by atoms with E-state index in [-0.39, 0.29) is 0 Å². The van der Waals surface area contributed by atoms with Gasteiger partial charge in [-0.3, -0.25) is 0 Å². The first-order valence-corrected chi connectivity index (χ1v) is 10.4. The standard InChI is InChI=1S/C11H19BrN2O2S3/c1-13-8-9-7-10(11(12)18-9)19(15,16)14-5-3-4-6-17-2/h7,13-14H,3-6,8H2,1-2H3. The molecule has 0 radical (unpaired) electrons. The molecule has 110 valence electrons. The number of unbranched alkanes of at least 4 members (excludes halogenated alkanes) is 1. The molecule has 0 aliphatic heterocycles. The molecule has 0 bridgehead atoms. The van der Waals surface area contributed by atoms with Gasteiger partial charge in [-0.2, -0.15) is 11.8 Å². The number of thiophene rings is 1. The highest BCUT2D eigenvalue weighted by Gasteiger charge is 2.20. The summed E-state index contributed by atoms with van der Waals surface area (Å²) in [5.74, 6) is 1.07. The first-order valence-electron chi connectivity index (χ1n) is 5.92. The number of hydrogen-bond acceptors (Lipinski definition) is 5. The number of thioether (sulfide) groups is 1. The van der Waals surface area contributed by atoms with Gasteiger partial charge >= 0.3 is 0 Å². The molecule has 0 saturated carbocycles. The Morgan fingerprint density at radius 3 is 2.79 bits per heavy atom. The lowest BCUT2D eigenvalue weighted by Crippen LogP contribution is -2.24. The number of halogens is 1. The maximum Gasteiger partial charge on any atom is 0.242 e. The average Bonchev–Trinajstić information content (AvgIpc) is 2.71. The topological polar surface area (TPSA) is 58.2 Å². The Morgan fingerprint density at radius 2 is 2.16 bits per heavy atom. The molecule has 0 aromatic carbocycles. The monoisotopic (exact) mass is 386 g/mol. The Hall–Kier alpha value is 0.400. The zero-order valence-corrected chi connectivity index (χ0v) is 15.1. The smallest absolute Gasteiger partial charge is 0.242 e. The molecule has 0 unspecified atom stereocenters. The minimum Gasteiger partial charge on any atom is -0.315 e. The van der Waals surface area contributed by atoms with Crippen LogP contribution in [0.3, 0.4) is 0 Å². The van der Waals surface area contributed by atoms with Crippen molar-refractivity contribution in [1.82, 2.24) is 10.0 Å². The Kier molecular flexibility index (Phi) is 7.93. The van der Waals surface area contributed by atoms with E-state index < -0.39 is 10.0 Å². The van der Waals surface area contributed by atoms with Gasteiger partial charge in [-0.15, -0.1) is 11.3 Å². The molecule has 1 aromatic rings. The van der Waals surface area contributed by atoms with Gasteiger partial charge in [0.25, 0.3) is 0 Å². The van der Waals surface area contributed by atoms with Crippen molar-refractivity contribution in [2.75, 3.05) is 25.6 Å². The van der Waals surface area contributed by atoms with Gasteiger partial charge in [-0.1, -0.05) is 0 Å². The third kappa shape index (κ3) is 5.73. The average molecular weight is 387 g/mol. The Balaban J connectivity index is 2.61. The molecule has 1 rings (SSSR count). The lowest BCUT2D eigenvalue weighted by atomic mass is 10.3. The SMILES string of the molecule is CNCc1cc(S(=O)(=O)NCCCCSC)c(Br)s1. The van der Waals surface area contributed by atoms with Crippen molar-refractivity contribution in [1.29, 1.82) is 0 Å². The predicted molar refractivity (Wildman–Crippen MR) is 87.6 cm³/mol. The van der Waals surface area contributed by atoms with E-state index in [0.717, 1.165) is 23.5 Å². The second-order valence-electron chi connectivity index (χ2n) is 3.98. The number of nitrogens with one attached hydrogen (secondary N) is 2. The molecular weight excluding hydrogens is 368 g/mol. The van der Waals surface area contributed by atoms with Crippen molar-refractivity contribution >= 4 is 49.1 Å². The highest BCUT2D eigenvalue weighted by Crippen LogP contribution is 2.31. The fourth-order valence-electron chi connectivity index (χ4n) is 1.50. The summed E-state index contributed by atoms with van der Waals surface area (Å²) in [5.41, 5.74) is 0. The van der Waals surface area contributed by atoms with Crippen LogP contribution in [-0.4, -0.2) is 34.0 Å². The molecule has 0 fully saturated rings. The van der Waals surface area contributed by atoms with Crippen LogP contribution in [0, 0.1) is 0 Å². The number of hydrogen-bond donors (Lipinski definition) is 2. The van der Waals surface area contributed by atoms with Gasteiger partial charge in [-0.25, -0.2) is 13.1 Å². The molecule has 1 heterocycles. The highest BCUT2D eigenvalue weighted by molar-refractivity contribution is 9.11. The van der Waals surface area contributed by atoms with Crippen LogP contribution in [0.4, 0.5) is 0 Å². The van der Waals surface area contributed by atoms with Gasteiger partial charge in [0, 0.05) is 18.0 Å². The van der Waals surface area contributed by atoms with Crippen molar-refractivity contribution in [3.8, 4) is 0 Å². The first kappa shape index (κ1) is 17.5. The fraction of sp³-hybridized carbons (Fsp3) is 0.636. The summed E-state index contributed by atoms with van der Waals surface area (Å²) in [5, 5.41) is 3.01. The van der Waals surface area contributed by atoms with Crippen LogP contribution in [0.1, 0.15) is 17.7 Å². The summed E-state index contributed by atoms with van der Waals surface area (Å²) < 4.78 is 27.6. The maximum atomic E-state index is 12.1. The highest BCUT2D eigenvalue weighted by atomic mass is 79.9. The van der Waals surface area contributed by atoms with Gasteiger partial charge < -0.3 is 5.32 Å².